The lowest BCUT2D eigenvalue weighted by Gasteiger charge is -2.47. The Morgan fingerprint density at radius 1 is 1.21 bits per heavy atom. The number of nitrogens with one attached hydrogen (secondary N) is 1. The number of fused-ring (bicyclic) bond motifs is 2. The third kappa shape index (κ3) is 6.33. The molecule has 3 heterocycles. The number of hydrogen-bond acceptors (Lipinski definition) is 5. The van der Waals surface area contributed by atoms with E-state index in [0.717, 1.165) is 50.5 Å². The molecule has 3 aliphatic rings. The summed E-state index contributed by atoms with van der Waals surface area (Å²) in [5, 5.41) is 10.1. The zero-order valence-corrected chi connectivity index (χ0v) is 22.3. The van der Waals surface area contributed by atoms with Crippen molar-refractivity contribution in [3.63, 3.8) is 0 Å². The van der Waals surface area contributed by atoms with Gasteiger partial charge in [-0.15, -0.1) is 0 Å². The number of anilines is 1. The van der Waals surface area contributed by atoms with Gasteiger partial charge in [0.1, 0.15) is 5.75 Å². The van der Waals surface area contributed by atoms with Crippen molar-refractivity contribution in [1.29, 1.82) is 0 Å². The van der Waals surface area contributed by atoms with Crippen molar-refractivity contribution in [3.8, 4) is 5.75 Å². The van der Waals surface area contributed by atoms with Gasteiger partial charge in [-0.25, -0.2) is 9.59 Å². The second kappa shape index (κ2) is 11.8. The van der Waals surface area contributed by atoms with Gasteiger partial charge >= 0.3 is 18.2 Å². The van der Waals surface area contributed by atoms with Gasteiger partial charge in [-0.05, 0) is 37.8 Å². The lowest BCUT2D eigenvalue weighted by atomic mass is 9.75. The van der Waals surface area contributed by atoms with E-state index in [-0.39, 0.29) is 17.5 Å². The maximum Gasteiger partial charge on any atom is 0.490 e. The number of carboxylic acid groups (broad SMARTS) is 1. The molecule has 0 unspecified atom stereocenters. The first-order valence-corrected chi connectivity index (χ1v) is 12.9. The third-order valence-corrected chi connectivity index (χ3v) is 7.63. The van der Waals surface area contributed by atoms with Gasteiger partial charge in [-0.1, -0.05) is 19.9 Å². The number of urea groups is 1. The summed E-state index contributed by atoms with van der Waals surface area (Å²) in [4.78, 5) is 41.5. The molecule has 2 atom stereocenters. The number of hydrogen-bond donors (Lipinski definition) is 2. The summed E-state index contributed by atoms with van der Waals surface area (Å²) < 4.78 is 37.0. The maximum absolute atomic E-state index is 13.2. The Bertz CT molecular complexity index is 1010. The quantitative estimate of drug-likeness (QED) is 0.588. The second-order valence-electron chi connectivity index (χ2n) is 10.5. The van der Waals surface area contributed by atoms with Crippen LogP contribution in [0.4, 0.5) is 23.7 Å². The number of aliphatic carboxylic acids is 1. The summed E-state index contributed by atoms with van der Waals surface area (Å²) in [6.45, 7) is 11.6. The second-order valence-corrected chi connectivity index (χ2v) is 10.5. The number of likely N-dealkylation sites (tertiary alicyclic amines) is 3. The molecule has 0 bridgehead atoms. The Morgan fingerprint density at radius 2 is 1.84 bits per heavy atom. The molecule has 3 fully saturated rings. The first-order chi connectivity index (χ1) is 17.8. The number of carbonyl (C=O) groups is 3. The van der Waals surface area contributed by atoms with Gasteiger partial charge in [0.05, 0.1) is 18.6 Å². The molecular weight excluding hydrogens is 505 g/mol. The van der Waals surface area contributed by atoms with Crippen molar-refractivity contribution in [2.75, 3.05) is 51.7 Å². The molecule has 0 radical (unpaired) electrons. The van der Waals surface area contributed by atoms with Crippen LogP contribution in [0.15, 0.2) is 24.3 Å². The molecule has 1 spiro atoms. The van der Waals surface area contributed by atoms with E-state index in [1.165, 1.54) is 0 Å². The molecule has 9 nitrogen and oxygen atoms in total. The lowest BCUT2D eigenvalue weighted by molar-refractivity contribution is -0.192. The number of carbonyl (C=O) groups excluding carboxylic acids is 2. The predicted octanol–water partition coefficient (Wildman–Crippen LogP) is 3.76. The fourth-order valence-electron chi connectivity index (χ4n) is 6.08. The number of ether oxygens (including phenoxy) is 1. The number of methoxy groups -OCH3 is 1. The monoisotopic (exact) mass is 542 g/mol. The largest absolute Gasteiger partial charge is 0.497 e. The Hall–Kier alpha value is -3.02. The fraction of sp³-hybridized carbons (Fsp3) is 0.654. The molecule has 0 aromatic heterocycles. The van der Waals surface area contributed by atoms with E-state index in [4.69, 9.17) is 14.6 Å². The van der Waals surface area contributed by atoms with Crippen LogP contribution in [0.2, 0.25) is 0 Å². The number of alkyl halides is 3. The minimum absolute atomic E-state index is 0.0834. The smallest absolute Gasteiger partial charge is 0.490 e. The Morgan fingerprint density at radius 3 is 2.37 bits per heavy atom. The number of halogens is 3. The van der Waals surface area contributed by atoms with E-state index < -0.39 is 12.1 Å². The Balaban J connectivity index is 0.000000505. The number of carboxylic acids is 1. The van der Waals surface area contributed by atoms with Crippen LogP contribution in [0.5, 0.6) is 5.75 Å². The number of nitrogens with zero attached hydrogens (tertiary/aromatic N) is 3. The highest BCUT2D eigenvalue weighted by molar-refractivity contribution is 5.90. The summed E-state index contributed by atoms with van der Waals surface area (Å²) in [6.07, 6.45) is -3.37. The normalized spacial score (nSPS) is 22.8. The number of rotatable bonds is 5. The van der Waals surface area contributed by atoms with Crippen LogP contribution in [0, 0.1) is 17.8 Å². The van der Waals surface area contributed by atoms with E-state index in [1.54, 1.807) is 7.11 Å². The average molecular weight is 543 g/mol. The maximum atomic E-state index is 13.2. The Labute approximate surface area is 220 Å². The van der Waals surface area contributed by atoms with Crippen LogP contribution < -0.4 is 10.1 Å². The zero-order valence-electron chi connectivity index (χ0n) is 22.3. The molecule has 3 amide bonds. The van der Waals surface area contributed by atoms with Crippen molar-refractivity contribution in [2.24, 2.45) is 17.8 Å². The van der Waals surface area contributed by atoms with Crippen LogP contribution in [-0.2, 0) is 9.59 Å². The summed E-state index contributed by atoms with van der Waals surface area (Å²) in [6, 6.07) is 7.33. The van der Waals surface area contributed by atoms with Crippen LogP contribution >= 0.6 is 0 Å². The molecule has 12 heteroatoms. The molecule has 0 aliphatic carbocycles. The number of benzene rings is 1. The van der Waals surface area contributed by atoms with Gasteiger partial charge in [0.2, 0.25) is 5.91 Å². The average Bonchev–Trinajstić information content (AvgIpc) is 3.35. The van der Waals surface area contributed by atoms with Crippen molar-refractivity contribution < 1.29 is 37.4 Å². The van der Waals surface area contributed by atoms with Gasteiger partial charge in [-0.3, -0.25) is 4.79 Å². The molecule has 3 aliphatic heterocycles. The SMILES string of the molecule is CCN1C(=O)[C@H]2CN(CC(C)C)C[C@H]2C12CCN(C(=O)Nc1cccc(OC)c1)CC2.O=C(O)C(F)(F)F. The highest BCUT2D eigenvalue weighted by Gasteiger charge is 2.61. The van der Waals surface area contributed by atoms with Crippen LogP contribution in [-0.4, -0.2) is 95.8 Å². The van der Waals surface area contributed by atoms with Gasteiger partial charge < -0.3 is 29.9 Å². The van der Waals surface area contributed by atoms with Crippen molar-refractivity contribution in [1.82, 2.24) is 14.7 Å². The van der Waals surface area contributed by atoms with Crippen molar-refractivity contribution in [2.45, 2.75) is 45.3 Å². The van der Waals surface area contributed by atoms with Gasteiger partial charge in [0.25, 0.3) is 0 Å². The molecule has 4 rings (SSSR count). The summed E-state index contributed by atoms with van der Waals surface area (Å²) in [7, 11) is 1.62. The van der Waals surface area contributed by atoms with Crippen LogP contribution in [0.3, 0.4) is 0 Å². The minimum Gasteiger partial charge on any atom is -0.497 e. The molecule has 1 aromatic rings. The molecule has 3 saturated heterocycles. The Kier molecular flexibility index (Phi) is 9.17. The van der Waals surface area contributed by atoms with E-state index in [0.29, 0.717) is 30.8 Å². The van der Waals surface area contributed by atoms with E-state index >= 15 is 0 Å². The summed E-state index contributed by atoms with van der Waals surface area (Å²) in [5.41, 5.74) is 0.630. The highest BCUT2D eigenvalue weighted by Crippen LogP contribution is 2.49. The first kappa shape index (κ1) is 29.5. The molecule has 212 valence electrons. The lowest BCUT2D eigenvalue weighted by Crippen LogP contribution is -2.58. The highest BCUT2D eigenvalue weighted by atomic mass is 19.4. The molecular formula is C26H37F3N4O5. The third-order valence-electron chi connectivity index (χ3n) is 7.63. The number of piperidine rings is 1. The van der Waals surface area contributed by atoms with E-state index in [9.17, 15) is 22.8 Å². The number of amides is 3. The van der Waals surface area contributed by atoms with E-state index in [2.05, 4.69) is 35.9 Å². The van der Waals surface area contributed by atoms with Gasteiger partial charge in [0.15, 0.2) is 0 Å². The predicted molar refractivity (Wildman–Crippen MR) is 135 cm³/mol. The standard InChI is InChI=1S/C24H36N4O3.C2HF3O2/c1-5-28-22(29)20-15-26(14-17(2)3)16-21(20)24(28)9-11-27(12-10-24)23(30)25-18-7-6-8-19(13-18)31-4;3-2(4,5)1(6)7/h6-8,13,17,20-21H,5,9-12,14-16H2,1-4H3,(H,25,30);(H,6,7)/t20-,21+;/m0./s1. The fourth-order valence-corrected chi connectivity index (χ4v) is 6.08. The summed E-state index contributed by atoms with van der Waals surface area (Å²) in [5.74, 6) is -0.607. The van der Waals surface area contributed by atoms with Gasteiger partial charge in [-0.2, -0.15) is 13.2 Å². The molecule has 0 saturated carbocycles. The zero-order chi connectivity index (χ0) is 28.3. The molecule has 1 aromatic carbocycles. The topological polar surface area (TPSA) is 102 Å². The van der Waals surface area contributed by atoms with Crippen molar-refractivity contribution >= 4 is 23.6 Å². The molecule has 38 heavy (non-hydrogen) atoms. The molecule has 2 N–H and O–H groups in total. The van der Waals surface area contributed by atoms with E-state index in [1.807, 2.05) is 29.2 Å². The minimum atomic E-state index is -5.08. The van der Waals surface area contributed by atoms with Gasteiger partial charge in [0, 0.05) is 56.9 Å². The summed E-state index contributed by atoms with van der Waals surface area (Å²) >= 11 is 0. The first-order valence-electron chi connectivity index (χ1n) is 12.9. The van der Waals surface area contributed by atoms with Crippen LogP contribution in [0.25, 0.3) is 0 Å². The van der Waals surface area contributed by atoms with Crippen LogP contribution in [0.1, 0.15) is 33.6 Å². The van der Waals surface area contributed by atoms with Crippen molar-refractivity contribution in [3.05, 3.63) is 24.3 Å².